The second kappa shape index (κ2) is 10.6. The van der Waals surface area contributed by atoms with Gasteiger partial charge in [0.25, 0.3) is 11.7 Å². The Balaban J connectivity index is 1.76. The van der Waals surface area contributed by atoms with E-state index >= 15 is 0 Å². The zero-order valence-corrected chi connectivity index (χ0v) is 22.0. The summed E-state index contributed by atoms with van der Waals surface area (Å²) >= 11 is 6.29. The van der Waals surface area contributed by atoms with Crippen molar-refractivity contribution in [1.29, 1.82) is 0 Å². The van der Waals surface area contributed by atoms with Gasteiger partial charge in [-0.05, 0) is 34.7 Å². The molecular weight excluding hydrogens is 480 g/mol. The maximum Gasteiger partial charge on any atom is 0.295 e. The molecule has 192 valence electrons. The summed E-state index contributed by atoms with van der Waals surface area (Å²) in [6.07, 6.45) is 0. The summed E-state index contributed by atoms with van der Waals surface area (Å²) in [6.45, 7) is 10.2. The zero-order chi connectivity index (χ0) is 26.0. The lowest BCUT2D eigenvalue weighted by molar-refractivity contribution is -0.140. The molecule has 2 fully saturated rings. The number of aliphatic hydroxyl groups excluding tert-OH is 1. The number of amides is 1. The maximum absolute atomic E-state index is 13.3. The Hall–Kier alpha value is -2.87. The Labute approximate surface area is 217 Å². The van der Waals surface area contributed by atoms with E-state index in [9.17, 15) is 14.7 Å². The molecule has 0 saturated carbocycles. The summed E-state index contributed by atoms with van der Waals surface area (Å²) in [5.74, 6) is -1.12. The molecule has 1 unspecified atom stereocenters. The number of hydrogen-bond donors (Lipinski definition) is 1. The van der Waals surface area contributed by atoms with Crippen LogP contribution in [-0.4, -0.2) is 73.1 Å². The number of carbonyl (C=O) groups is 2. The van der Waals surface area contributed by atoms with E-state index in [-0.39, 0.29) is 16.7 Å². The Morgan fingerprint density at radius 3 is 2.33 bits per heavy atom. The lowest BCUT2D eigenvalue weighted by Crippen LogP contribution is -2.42. The van der Waals surface area contributed by atoms with Crippen molar-refractivity contribution in [2.45, 2.75) is 32.2 Å². The molecule has 0 aromatic heterocycles. The fraction of sp³-hybridized carbons (Fsp3) is 0.429. The highest BCUT2D eigenvalue weighted by molar-refractivity contribution is 6.46. The van der Waals surface area contributed by atoms with E-state index in [0.29, 0.717) is 42.6 Å². The molecule has 36 heavy (non-hydrogen) atoms. The van der Waals surface area contributed by atoms with Crippen molar-refractivity contribution in [3.05, 3.63) is 69.8 Å². The normalized spacial score (nSPS) is 20.7. The summed E-state index contributed by atoms with van der Waals surface area (Å²) in [5.41, 5.74) is 2.27. The summed E-state index contributed by atoms with van der Waals surface area (Å²) in [5, 5.41) is 11.6. The van der Waals surface area contributed by atoms with Crippen molar-refractivity contribution >= 4 is 29.1 Å². The molecule has 2 heterocycles. The van der Waals surface area contributed by atoms with Crippen molar-refractivity contribution in [2.24, 2.45) is 0 Å². The molecule has 1 N–H and O–H groups in total. The van der Waals surface area contributed by atoms with Crippen molar-refractivity contribution in [3.8, 4) is 5.75 Å². The van der Waals surface area contributed by atoms with Crippen LogP contribution in [-0.2, 0) is 19.7 Å². The Morgan fingerprint density at radius 1 is 1.08 bits per heavy atom. The summed E-state index contributed by atoms with van der Waals surface area (Å²) in [4.78, 5) is 30.3. The smallest absolute Gasteiger partial charge is 0.295 e. The Kier molecular flexibility index (Phi) is 7.73. The standard InChI is InChI=1S/C28H33ClN2O5/c1-28(2,3)20-8-5-18(6-9-20)24-23(25(32)19-7-10-22(35-4)21(29)17-19)26(33)27(34)31(24)12-11-30-13-15-36-16-14-30/h5-10,17,24,32H,11-16H2,1-4H3. The predicted molar refractivity (Wildman–Crippen MR) is 139 cm³/mol. The highest BCUT2D eigenvalue weighted by Gasteiger charge is 2.46. The van der Waals surface area contributed by atoms with Gasteiger partial charge in [-0.25, -0.2) is 0 Å². The number of carbonyl (C=O) groups excluding carboxylic acids is 2. The molecule has 2 aliphatic rings. The van der Waals surface area contributed by atoms with Gasteiger partial charge in [0.05, 0.1) is 37.0 Å². The van der Waals surface area contributed by atoms with E-state index in [4.69, 9.17) is 21.1 Å². The minimum atomic E-state index is -0.707. The van der Waals surface area contributed by atoms with E-state index in [1.54, 1.807) is 17.0 Å². The monoisotopic (exact) mass is 512 g/mol. The number of methoxy groups -OCH3 is 1. The number of likely N-dealkylation sites (tertiary alicyclic amines) is 1. The SMILES string of the molecule is COc1ccc(C(O)=C2C(=O)C(=O)N(CCN3CCOCC3)C2c2ccc(C(C)(C)C)cc2)cc1Cl. The van der Waals surface area contributed by atoms with Crippen molar-refractivity contribution in [1.82, 2.24) is 9.80 Å². The van der Waals surface area contributed by atoms with Crippen molar-refractivity contribution in [3.63, 3.8) is 0 Å². The number of Topliss-reactive ketones (excluding diaryl/α,β-unsaturated/α-hetero) is 1. The lowest BCUT2D eigenvalue weighted by atomic mass is 9.85. The van der Waals surface area contributed by atoms with Gasteiger partial charge >= 0.3 is 0 Å². The highest BCUT2D eigenvalue weighted by Crippen LogP contribution is 2.40. The molecule has 1 amide bonds. The van der Waals surface area contributed by atoms with Crippen LogP contribution in [0.3, 0.4) is 0 Å². The average molecular weight is 513 g/mol. The lowest BCUT2D eigenvalue weighted by Gasteiger charge is -2.31. The van der Waals surface area contributed by atoms with Crippen LogP contribution >= 0.6 is 11.6 Å². The third-order valence-corrected chi connectivity index (χ3v) is 7.11. The number of hydrogen-bond acceptors (Lipinski definition) is 6. The van der Waals surface area contributed by atoms with Crippen LogP contribution in [0.25, 0.3) is 5.76 Å². The Bertz CT molecular complexity index is 1160. The van der Waals surface area contributed by atoms with Crippen LogP contribution in [0.1, 0.15) is 43.5 Å². The number of ketones is 1. The first-order chi connectivity index (χ1) is 17.1. The van der Waals surface area contributed by atoms with Gasteiger partial charge in [0.2, 0.25) is 0 Å². The third-order valence-electron chi connectivity index (χ3n) is 6.82. The largest absolute Gasteiger partial charge is 0.507 e. The Morgan fingerprint density at radius 2 is 1.75 bits per heavy atom. The third kappa shape index (κ3) is 5.28. The first-order valence-electron chi connectivity index (χ1n) is 12.1. The van der Waals surface area contributed by atoms with Gasteiger partial charge in [0, 0.05) is 31.7 Å². The second-order valence-corrected chi connectivity index (χ2v) is 10.6. The van der Waals surface area contributed by atoms with E-state index in [2.05, 4.69) is 25.7 Å². The van der Waals surface area contributed by atoms with Gasteiger partial charge in [-0.2, -0.15) is 0 Å². The fourth-order valence-corrected chi connectivity index (χ4v) is 4.92. The predicted octanol–water partition coefficient (Wildman–Crippen LogP) is 4.40. The van der Waals surface area contributed by atoms with Crippen LogP contribution in [0, 0.1) is 0 Å². The number of rotatable bonds is 6. The molecule has 1 atom stereocenters. The van der Waals surface area contributed by atoms with Gasteiger partial charge in [-0.3, -0.25) is 14.5 Å². The molecule has 0 spiro atoms. The molecule has 2 aromatic carbocycles. The zero-order valence-electron chi connectivity index (χ0n) is 21.2. The first-order valence-corrected chi connectivity index (χ1v) is 12.5. The van der Waals surface area contributed by atoms with E-state index in [0.717, 1.165) is 24.2 Å². The molecule has 2 saturated heterocycles. The van der Waals surface area contributed by atoms with Crippen LogP contribution in [0.15, 0.2) is 48.0 Å². The van der Waals surface area contributed by atoms with Crippen LogP contribution in [0.5, 0.6) is 5.75 Å². The molecule has 0 aliphatic carbocycles. The second-order valence-electron chi connectivity index (χ2n) is 10.2. The van der Waals surface area contributed by atoms with Crippen molar-refractivity contribution in [2.75, 3.05) is 46.5 Å². The molecule has 8 heteroatoms. The van der Waals surface area contributed by atoms with E-state index < -0.39 is 17.7 Å². The molecule has 2 aromatic rings. The minimum absolute atomic E-state index is 0.0451. The molecule has 4 rings (SSSR count). The van der Waals surface area contributed by atoms with E-state index in [1.807, 2.05) is 24.3 Å². The van der Waals surface area contributed by atoms with Crippen LogP contribution < -0.4 is 4.74 Å². The number of halogens is 1. The summed E-state index contributed by atoms with van der Waals surface area (Å²) in [6, 6.07) is 12.0. The molecule has 2 aliphatic heterocycles. The topological polar surface area (TPSA) is 79.3 Å². The van der Waals surface area contributed by atoms with Crippen LogP contribution in [0.4, 0.5) is 0 Å². The van der Waals surface area contributed by atoms with Crippen molar-refractivity contribution < 1.29 is 24.2 Å². The fourth-order valence-electron chi connectivity index (χ4n) is 4.67. The number of benzene rings is 2. The number of nitrogens with zero attached hydrogens (tertiary/aromatic N) is 2. The quantitative estimate of drug-likeness (QED) is 0.351. The molecular formula is C28H33ClN2O5. The van der Waals surface area contributed by atoms with Gasteiger partial charge in [-0.15, -0.1) is 0 Å². The number of ether oxygens (including phenoxy) is 2. The number of morpholine rings is 1. The first kappa shape index (κ1) is 26.2. The summed E-state index contributed by atoms with van der Waals surface area (Å²) in [7, 11) is 1.50. The van der Waals surface area contributed by atoms with Gasteiger partial charge in [0.15, 0.2) is 0 Å². The summed E-state index contributed by atoms with van der Waals surface area (Å²) < 4.78 is 10.6. The maximum atomic E-state index is 13.3. The minimum Gasteiger partial charge on any atom is -0.507 e. The molecule has 0 radical (unpaired) electrons. The van der Waals surface area contributed by atoms with E-state index in [1.165, 1.54) is 13.2 Å². The highest BCUT2D eigenvalue weighted by atomic mass is 35.5. The number of aliphatic hydroxyl groups is 1. The molecule has 0 bridgehead atoms. The van der Waals surface area contributed by atoms with Crippen LogP contribution in [0.2, 0.25) is 5.02 Å². The average Bonchev–Trinajstić information content (AvgIpc) is 3.12. The molecule has 7 nitrogen and oxygen atoms in total. The van der Waals surface area contributed by atoms with Gasteiger partial charge in [0.1, 0.15) is 11.5 Å². The van der Waals surface area contributed by atoms with Gasteiger partial charge in [-0.1, -0.05) is 56.6 Å². The van der Waals surface area contributed by atoms with Gasteiger partial charge < -0.3 is 19.5 Å².